The van der Waals surface area contributed by atoms with Gasteiger partial charge in [0.25, 0.3) is 5.91 Å². The van der Waals surface area contributed by atoms with Crippen molar-refractivity contribution < 1.29 is 45.9 Å². The number of amides is 1. The monoisotopic (exact) mass is 452 g/mol. The molecule has 0 aromatic heterocycles. The second kappa shape index (κ2) is 12.3. The molecular weight excluding hydrogens is 435 g/mol. The Morgan fingerprint density at radius 3 is 2.00 bits per heavy atom. The van der Waals surface area contributed by atoms with E-state index < -0.39 is 59.1 Å². The molecular formula is C17H17F5N4O5. The molecule has 0 fully saturated rings. The molecule has 1 amide bonds. The normalized spacial score (nSPS) is 10.3. The number of hydroxylamine groups is 2. The van der Waals surface area contributed by atoms with Crippen LogP contribution in [0.15, 0.2) is 5.11 Å². The number of halogens is 5. The number of ether oxygens (including phenoxy) is 1. The van der Waals surface area contributed by atoms with Crippen molar-refractivity contribution in [2.45, 2.75) is 38.5 Å². The van der Waals surface area contributed by atoms with Crippen molar-refractivity contribution in [3.63, 3.8) is 0 Å². The predicted molar refractivity (Wildman–Crippen MR) is 92.4 cm³/mol. The molecule has 0 aliphatic heterocycles. The molecule has 0 aliphatic rings. The van der Waals surface area contributed by atoms with E-state index in [4.69, 9.17) is 10.4 Å². The summed E-state index contributed by atoms with van der Waals surface area (Å²) in [5.74, 6) is -16.0. The first-order chi connectivity index (χ1) is 14.6. The van der Waals surface area contributed by atoms with E-state index in [0.29, 0.717) is 17.9 Å². The summed E-state index contributed by atoms with van der Waals surface area (Å²) in [5, 5.41) is 3.91. The third-order valence-corrected chi connectivity index (χ3v) is 3.70. The van der Waals surface area contributed by atoms with E-state index in [1.165, 1.54) is 0 Å². The summed E-state index contributed by atoms with van der Waals surface area (Å²) in [4.78, 5) is 42.3. The Labute approximate surface area is 172 Å². The molecule has 0 saturated carbocycles. The Kier molecular flexibility index (Phi) is 10.2. The van der Waals surface area contributed by atoms with Crippen molar-refractivity contribution in [3.05, 3.63) is 39.5 Å². The van der Waals surface area contributed by atoms with Gasteiger partial charge in [-0.2, -0.15) is 13.8 Å². The van der Waals surface area contributed by atoms with Crippen LogP contribution in [0, 0.1) is 29.1 Å². The van der Waals surface area contributed by atoms with Crippen LogP contribution in [0.3, 0.4) is 0 Å². The minimum absolute atomic E-state index is 0.0349. The van der Waals surface area contributed by atoms with E-state index in [-0.39, 0.29) is 25.8 Å². The van der Waals surface area contributed by atoms with Crippen molar-refractivity contribution in [3.8, 4) is 5.75 Å². The molecule has 0 unspecified atom stereocenters. The maximum atomic E-state index is 13.5. The summed E-state index contributed by atoms with van der Waals surface area (Å²) in [6.45, 7) is 0.208. The fourth-order valence-corrected chi connectivity index (χ4v) is 2.13. The molecule has 0 atom stereocenters. The van der Waals surface area contributed by atoms with Gasteiger partial charge in [0.1, 0.15) is 0 Å². The van der Waals surface area contributed by atoms with Gasteiger partial charge in [0, 0.05) is 37.8 Å². The third-order valence-electron chi connectivity index (χ3n) is 3.70. The van der Waals surface area contributed by atoms with Crippen LogP contribution in [-0.2, 0) is 19.2 Å². The van der Waals surface area contributed by atoms with Crippen LogP contribution >= 0.6 is 0 Å². The lowest BCUT2D eigenvalue weighted by atomic mass is 10.2. The van der Waals surface area contributed by atoms with Crippen molar-refractivity contribution in [2.75, 3.05) is 13.6 Å². The molecule has 1 aromatic rings. The van der Waals surface area contributed by atoms with Crippen LogP contribution in [0.2, 0.25) is 0 Å². The number of rotatable bonds is 10. The summed E-state index contributed by atoms with van der Waals surface area (Å²) < 4.78 is 70.2. The fourth-order valence-electron chi connectivity index (χ4n) is 2.13. The lowest BCUT2D eigenvalue weighted by Gasteiger charge is -2.16. The molecule has 0 radical (unpaired) electrons. The predicted octanol–water partition coefficient (Wildman–Crippen LogP) is 3.86. The van der Waals surface area contributed by atoms with Gasteiger partial charge in [-0.25, -0.2) is 18.0 Å². The number of azide groups is 1. The third kappa shape index (κ3) is 7.74. The molecule has 14 heteroatoms. The summed E-state index contributed by atoms with van der Waals surface area (Å²) in [6.07, 6.45) is -0.376. The number of carbonyl (C=O) groups is 3. The highest BCUT2D eigenvalue weighted by molar-refractivity contribution is 5.78. The molecule has 0 aliphatic carbocycles. The lowest BCUT2D eigenvalue weighted by molar-refractivity contribution is -0.192. The van der Waals surface area contributed by atoms with Gasteiger partial charge in [0.05, 0.1) is 0 Å². The van der Waals surface area contributed by atoms with Gasteiger partial charge >= 0.3 is 11.9 Å². The zero-order valence-corrected chi connectivity index (χ0v) is 16.2. The van der Waals surface area contributed by atoms with E-state index in [9.17, 15) is 36.3 Å². The first kappa shape index (κ1) is 25.6. The maximum Gasteiger partial charge on any atom is 0.332 e. The van der Waals surface area contributed by atoms with E-state index >= 15 is 0 Å². The van der Waals surface area contributed by atoms with Gasteiger partial charge in [-0.05, 0) is 24.8 Å². The van der Waals surface area contributed by atoms with Crippen molar-refractivity contribution in [2.24, 2.45) is 5.11 Å². The lowest BCUT2D eigenvalue weighted by Crippen LogP contribution is -2.29. The van der Waals surface area contributed by atoms with Gasteiger partial charge in [0.2, 0.25) is 34.8 Å². The van der Waals surface area contributed by atoms with Gasteiger partial charge < -0.3 is 9.57 Å². The van der Waals surface area contributed by atoms with Crippen LogP contribution in [0.25, 0.3) is 10.4 Å². The summed E-state index contributed by atoms with van der Waals surface area (Å²) in [6, 6.07) is 0. The Hall–Kier alpha value is -3.41. The van der Waals surface area contributed by atoms with Crippen molar-refractivity contribution in [1.82, 2.24) is 5.06 Å². The number of benzene rings is 1. The fraction of sp³-hybridized carbons (Fsp3) is 0.471. The molecule has 9 nitrogen and oxygen atoms in total. The largest absolute Gasteiger partial charge is 0.420 e. The van der Waals surface area contributed by atoms with Crippen LogP contribution in [-0.4, -0.2) is 36.5 Å². The SMILES string of the molecule is CN(OC(=O)CCCCN=[N+]=[N-])C(=O)CCCC(=O)Oc1c(F)c(F)c(F)c(F)c1F. The second-order valence-corrected chi connectivity index (χ2v) is 5.99. The molecule has 31 heavy (non-hydrogen) atoms. The van der Waals surface area contributed by atoms with E-state index in [1.807, 2.05) is 0 Å². The highest BCUT2D eigenvalue weighted by Crippen LogP contribution is 2.29. The van der Waals surface area contributed by atoms with Crippen LogP contribution in [0.5, 0.6) is 5.75 Å². The second-order valence-electron chi connectivity index (χ2n) is 5.99. The van der Waals surface area contributed by atoms with E-state index in [1.54, 1.807) is 0 Å². The minimum atomic E-state index is -2.39. The van der Waals surface area contributed by atoms with Crippen molar-refractivity contribution >= 4 is 17.8 Å². The minimum Gasteiger partial charge on any atom is -0.420 e. The van der Waals surface area contributed by atoms with Crippen LogP contribution < -0.4 is 4.74 Å². The first-order valence-corrected chi connectivity index (χ1v) is 8.80. The number of nitrogens with zero attached hydrogens (tertiary/aromatic N) is 4. The zero-order chi connectivity index (χ0) is 23.6. The average Bonchev–Trinajstić information content (AvgIpc) is 2.73. The zero-order valence-electron chi connectivity index (χ0n) is 16.2. The molecule has 1 rings (SSSR count). The van der Waals surface area contributed by atoms with Crippen LogP contribution in [0.4, 0.5) is 22.0 Å². The number of hydrogen-bond acceptors (Lipinski definition) is 6. The van der Waals surface area contributed by atoms with Crippen LogP contribution in [0.1, 0.15) is 38.5 Å². The number of unbranched alkanes of at least 4 members (excludes halogenated alkanes) is 1. The van der Waals surface area contributed by atoms with Gasteiger partial charge in [-0.1, -0.05) is 5.11 Å². The van der Waals surface area contributed by atoms with Crippen molar-refractivity contribution in [1.29, 1.82) is 0 Å². The first-order valence-electron chi connectivity index (χ1n) is 8.80. The van der Waals surface area contributed by atoms with E-state index in [0.717, 1.165) is 7.05 Å². The Morgan fingerprint density at radius 1 is 0.871 bits per heavy atom. The molecule has 0 bridgehead atoms. The van der Waals surface area contributed by atoms with E-state index in [2.05, 4.69) is 14.8 Å². The highest BCUT2D eigenvalue weighted by Gasteiger charge is 2.28. The highest BCUT2D eigenvalue weighted by atomic mass is 19.2. The molecule has 0 N–H and O–H groups in total. The number of hydrogen-bond donors (Lipinski definition) is 0. The maximum absolute atomic E-state index is 13.5. The molecule has 0 saturated heterocycles. The van der Waals surface area contributed by atoms with Gasteiger partial charge in [-0.15, -0.1) is 0 Å². The molecule has 1 aromatic carbocycles. The Balaban J connectivity index is 2.44. The van der Waals surface area contributed by atoms with Gasteiger partial charge in [-0.3, -0.25) is 9.59 Å². The average molecular weight is 452 g/mol. The molecule has 0 spiro atoms. The summed E-state index contributed by atoms with van der Waals surface area (Å²) in [5.41, 5.74) is 8.11. The quantitative estimate of drug-likeness (QED) is 0.0510. The number of esters is 1. The number of carbonyl (C=O) groups excluding carboxylic acids is 3. The molecule has 0 heterocycles. The standard InChI is InChI=1S/C17H17F5N4O5/c1-26(31-11(29)6-2-3-8-24-25-23)9(27)5-4-7-10(28)30-17-15(21)13(19)12(18)14(20)16(17)22/h2-8H2,1H3. The smallest absolute Gasteiger partial charge is 0.332 e. The Morgan fingerprint density at radius 2 is 1.42 bits per heavy atom. The topological polar surface area (TPSA) is 122 Å². The Bertz CT molecular complexity index is 863. The summed E-state index contributed by atoms with van der Waals surface area (Å²) >= 11 is 0. The summed E-state index contributed by atoms with van der Waals surface area (Å²) in [7, 11) is 1.15. The van der Waals surface area contributed by atoms with Gasteiger partial charge in [0.15, 0.2) is 0 Å². The molecule has 170 valence electrons.